The fraction of sp³-hybridized carbons (Fsp3) is 0.571. The minimum Gasteiger partial charge on any atom is -0.367 e. The van der Waals surface area contributed by atoms with E-state index in [9.17, 15) is 0 Å². The number of hydrogen-bond donors (Lipinski definition) is 1. The maximum atomic E-state index is 3.57. The number of hydrogen-bond acceptors (Lipinski definition) is 2. The molecule has 2 rings (SSSR count). The molecule has 17 heavy (non-hydrogen) atoms. The zero-order valence-corrected chi connectivity index (χ0v) is 12.4. The quantitative estimate of drug-likeness (QED) is 0.855. The number of halogens is 1. The van der Waals surface area contributed by atoms with Crippen molar-refractivity contribution in [3.05, 3.63) is 28.2 Å². The molecule has 1 aromatic rings. The van der Waals surface area contributed by atoms with Gasteiger partial charge in [-0.3, -0.25) is 0 Å². The molecule has 0 aromatic heterocycles. The van der Waals surface area contributed by atoms with Crippen LogP contribution in [0.1, 0.15) is 25.8 Å². The Kier molecular flexibility index (Phi) is 4.10. The Morgan fingerprint density at radius 3 is 2.82 bits per heavy atom. The summed E-state index contributed by atoms with van der Waals surface area (Å²) < 4.78 is 1.16. The predicted octanol–water partition coefficient (Wildman–Crippen LogP) is 3.33. The molecule has 0 spiro atoms. The van der Waals surface area contributed by atoms with E-state index in [2.05, 4.69) is 65.1 Å². The molecular formula is C14H21BrN2. The third-order valence-electron chi connectivity index (χ3n) is 3.57. The van der Waals surface area contributed by atoms with E-state index in [1.54, 1.807) is 0 Å². The molecule has 0 radical (unpaired) electrons. The van der Waals surface area contributed by atoms with Crippen molar-refractivity contribution in [3.8, 4) is 0 Å². The molecule has 94 valence electrons. The van der Waals surface area contributed by atoms with Crippen molar-refractivity contribution in [2.45, 2.75) is 39.3 Å². The molecule has 1 aliphatic rings. The van der Waals surface area contributed by atoms with E-state index in [4.69, 9.17) is 0 Å². The summed E-state index contributed by atoms with van der Waals surface area (Å²) in [6.45, 7) is 8.96. The molecule has 1 aromatic carbocycles. The number of nitrogens with one attached hydrogen (secondary N) is 1. The number of nitrogens with zero attached hydrogens (tertiary/aromatic N) is 1. The van der Waals surface area contributed by atoms with Crippen molar-refractivity contribution in [3.63, 3.8) is 0 Å². The second-order valence-corrected chi connectivity index (χ2v) is 5.99. The molecule has 0 aliphatic carbocycles. The Morgan fingerprint density at radius 1 is 1.35 bits per heavy atom. The first-order valence-corrected chi connectivity index (χ1v) is 7.13. The van der Waals surface area contributed by atoms with Crippen molar-refractivity contribution < 1.29 is 0 Å². The van der Waals surface area contributed by atoms with E-state index in [1.807, 2.05) is 0 Å². The second-order valence-electron chi connectivity index (χ2n) is 5.07. The zero-order chi connectivity index (χ0) is 12.4. The Balaban J connectivity index is 2.25. The van der Waals surface area contributed by atoms with E-state index < -0.39 is 0 Å². The molecule has 1 heterocycles. The summed E-state index contributed by atoms with van der Waals surface area (Å²) in [5, 5.41) is 3.57. The highest BCUT2D eigenvalue weighted by Gasteiger charge is 2.20. The van der Waals surface area contributed by atoms with Crippen molar-refractivity contribution in [1.29, 1.82) is 0 Å². The van der Waals surface area contributed by atoms with Crippen molar-refractivity contribution in [2.24, 2.45) is 0 Å². The van der Waals surface area contributed by atoms with Crippen LogP contribution in [0.15, 0.2) is 22.7 Å². The van der Waals surface area contributed by atoms with Gasteiger partial charge in [-0.2, -0.15) is 0 Å². The molecule has 3 heteroatoms. The lowest BCUT2D eigenvalue weighted by atomic mass is 10.1. The van der Waals surface area contributed by atoms with E-state index >= 15 is 0 Å². The number of aryl methyl sites for hydroxylation is 1. The van der Waals surface area contributed by atoms with Gasteiger partial charge in [-0.1, -0.05) is 15.9 Å². The monoisotopic (exact) mass is 296 g/mol. The van der Waals surface area contributed by atoms with Crippen LogP contribution in [0.3, 0.4) is 0 Å². The normalized spacial score (nSPS) is 25.8. The van der Waals surface area contributed by atoms with E-state index in [0.29, 0.717) is 12.1 Å². The lowest BCUT2D eigenvalue weighted by Gasteiger charge is -2.30. The zero-order valence-electron chi connectivity index (χ0n) is 10.8. The maximum Gasteiger partial charge on any atom is 0.0399 e. The van der Waals surface area contributed by atoms with Crippen LogP contribution in [-0.2, 0) is 0 Å². The van der Waals surface area contributed by atoms with E-state index in [0.717, 1.165) is 17.6 Å². The van der Waals surface area contributed by atoms with Gasteiger partial charge in [0, 0.05) is 35.3 Å². The van der Waals surface area contributed by atoms with Crippen LogP contribution in [0, 0.1) is 6.92 Å². The van der Waals surface area contributed by atoms with E-state index in [1.165, 1.54) is 17.7 Å². The van der Waals surface area contributed by atoms with Gasteiger partial charge in [0.25, 0.3) is 0 Å². The Bertz CT molecular complexity index is 392. The Hall–Kier alpha value is -0.540. The van der Waals surface area contributed by atoms with Crippen LogP contribution in [0.5, 0.6) is 0 Å². The van der Waals surface area contributed by atoms with Gasteiger partial charge in [0.2, 0.25) is 0 Å². The third kappa shape index (κ3) is 3.02. The van der Waals surface area contributed by atoms with E-state index in [-0.39, 0.29) is 0 Å². The standard InChI is InChI=1S/C14H21BrN2/c1-10-8-13(15)4-5-14(10)17-7-6-11(2)16-9-12(17)3/h4-5,8,11-12,16H,6-7,9H2,1-3H3. The highest BCUT2D eigenvalue weighted by atomic mass is 79.9. The van der Waals surface area contributed by atoms with Crippen molar-refractivity contribution >= 4 is 21.6 Å². The first-order valence-electron chi connectivity index (χ1n) is 6.34. The van der Waals surface area contributed by atoms with Crippen LogP contribution in [0.2, 0.25) is 0 Å². The van der Waals surface area contributed by atoms with Gasteiger partial charge in [0.1, 0.15) is 0 Å². The predicted molar refractivity (Wildman–Crippen MR) is 77.8 cm³/mol. The minimum atomic E-state index is 0.555. The summed E-state index contributed by atoms with van der Waals surface area (Å²) in [5.74, 6) is 0. The lowest BCUT2D eigenvalue weighted by molar-refractivity contribution is 0.548. The molecule has 2 nitrogen and oxygen atoms in total. The van der Waals surface area contributed by atoms with Crippen LogP contribution in [-0.4, -0.2) is 25.2 Å². The Labute approximate surface area is 113 Å². The topological polar surface area (TPSA) is 15.3 Å². The van der Waals surface area contributed by atoms with Crippen molar-refractivity contribution in [2.75, 3.05) is 18.0 Å². The van der Waals surface area contributed by atoms with Gasteiger partial charge in [-0.05, 0) is 51.0 Å². The molecule has 0 bridgehead atoms. The van der Waals surface area contributed by atoms with Crippen LogP contribution < -0.4 is 10.2 Å². The fourth-order valence-electron chi connectivity index (χ4n) is 2.44. The number of benzene rings is 1. The van der Waals surface area contributed by atoms with Crippen LogP contribution >= 0.6 is 15.9 Å². The van der Waals surface area contributed by atoms with Gasteiger partial charge in [-0.15, -0.1) is 0 Å². The molecule has 0 saturated carbocycles. The second kappa shape index (κ2) is 5.40. The fourth-order valence-corrected chi connectivity index (χ4v) is 2.91. The summed E-state index contributed by atoms with van der Waals surface area (Å²) in [6.07, 6.45) is 1.21. The van der Waals surface area contributed by atoms with Crippen LogP contribution in [0.4, 0.5) is 5.69 Å². The molecular weight excluding hydrogens is 276 g/mol. The highest BCUT2D eigenvalue weighted by Crippen LogP contribution is 2.26. The number of anilines is 1. The molecule has 1 aliphatic heterocycles. The average molecular weight is 297 g/mol. The summed E-state index contributed by atoms with van der Waals surface area (Å²) in [6, 6.07) is 7.74. The first kappa shape index (κ1) is 12.9. The van der Waals surface area contributed by atoms with Crippen LogP contribution in [0.25, 0.3) is 0 Å². The molecule has 1 saturated heterocycles. The molecule has 1 fully saturated rings. The smallest absolute Gasteiger partial charge is 0.0399 e. The summed E-state index contributed by atoms with van der Waals surface area (Å²) in [7, 11) is 0. The summed E-state index contributed by atoms with van der Waals surface area (Å²) in [4.78, 5) is 2.53. The number of rotatable bonds is 1. The highest BCUT2D eigenvalue weighted by molar-refractivity contribution is 9.10. The molecule has 1 N–H and O–H groups in total. The summed E-state index contributed by atoms with van der Waals surface area (Å²) >= 11 is 3.53. The maximum absolute atomic E-state index is 3.57. The molecule has 0 amide bonds. The molecule has 2 atom stereocenters. The van der Waals surface area contributed by atoms with Gasteiger partial charge in [0.15, 0.2) is 0 Å². The third-order valence-corrected chi connectivity index (χ3v) is 4.06. The van der Waals surface area contributed by atoms with Gasteiger partial charge < -0.3 is 10.2 Å². The average Bonchev–Trinajstić information content (AvgIpc) is 2.43. The lowest BCUT2D eigenvalue weighted by Crippen LogP contribution is -2.38. The van der Waals surface area contributed by atoms with Gasteiger partial charge >= 0.3 is 0 Å². The van der Waals surface area contributed by atoms with Crippen molar-refractivity contribution in [1.82, 2.24) is 5.32 Å². The SMILES string of the molecule is Cc1cc(Br)ccc1N1CCC(C)NCC1C. The Morgan fingerprint density at radius 2 is 2.12 bits per heavy atom. The molecule has 2 unspecified atom stereocenters. The summed E-state index contributed by atoms with van der Waals surface area (Å²) in [5.41, 5.74) is 2.72. The largest absolute Gasteiger partial charge is 0.367 e. The van der Waals surface area contributed by atoms with Gasteiger partial charge in [-0.25, -0.2) is 0 Å². The first-order chi connectivity index (χ1) is 8.08. The minimum absolute atomic E-state index is 0.555. The van der Waals surface area contributed by atoms with Gasteiger partial charge in [0.05, 0.1) is 0 Å².